The minimum atomic E-state index is 0.455. The minimum absolute atomic E-state index is 0.455. The van der Waals surface area contributed by atoms with Crippen LogP contribution in [-0.2, 0) is 0 Å². The fourth-order valence-corrected chi connectivity index (χ4v) is 2.26. The Morgan fingerprint density at radius 1 is 1.19 bits per heavy atom. The van der Waals surface area contributed by atoms with E-state index in [1.165, 1.54) is 0 Å². The van der Waals surface area contributed by atoms with E-state index in [4.69, 9.17) is 28.9 Å². The number of halogens is 2. The van der Waals surface area contributed by atoms with Gasteiger partial charge in [0.1, 0.15) is 11.6 Å². The van der Waals surface area contributed by atoms with Crippen LogP contribution in [0.4, 0.5) is 5.82 Å². The van der Waals surface area contributed by atoms with Crippen molar-refractivity contribution in [2.45, 2.75) is 18.8 Å². The molecule has 1 saturated carbocycles. The van der Waals surface area contributed by atoms with E-state index in [0.29, 0.717) is 27.3 Å². The highest BCUT2D eigenvalue weighted by molar-refractivity contribution is 6.38. The van der Waals surface area contributed by atoms with Crippen LogP contribution in [0.5, 0.6) is 0 Å². The third kappa shape index (κ3) is 1.60. The van der Waals surface area contributed by atoms with Gasteiger partial charge in [0.2, 0.25) is 0 Å². The number of nitrogens with zero attached hydrogens (tertiary/aromatic N) is 2. The lowest BCUT2D eigenvalue weighted by Gasteiger charge is -2.06. The summed E-state index contributed by atoms with van der Waals surface area (Å²) >= 11 is 12.0. The van der Waals surface area contributed by atoms with Crippen molar-refractivity contribution in [2.75, 3.05) is 5.73 Å². The van der Waals surface area contributed by atoms with Gasteiger partial charge in [0.05, 0.1) is 10.5 Å². The first-order valence-electron chi connectivity index (χ1n) is 5.07. The van der Waals surface area contributed by atoms with Gasteiger partial charge in [0, 0.05) is 16.3 Å². The van der Waals surface area contributed by atoms with Crippen molar-refractivity contribution >= 4 is 39.9 Å². The summed E-state index contributed by atoms with van der Waals surface area (Å²) in [7, 11) is 0. The summed E-state index contributed by atoms with van der Waals surface area (Å²) in [5.41, 5.74) is 6.59. The maximum atomic E-state index is 6.10. The molecule has 1 aromatic heterocycles. The molecular formula is C11H9Cl2N3. The molecule has 0 radical (unpaired) electrons. The molecule has 0 atom stereocenters. The second-order valence-corrected chi connectivity index (χ2v) is 4.87. The van der Waals surface area contributed by atoms with Crippen LogP contribution in [0, 0.1) is 0 Å². The standard InChI is InChI=1S/C11H9Cl2N3/c12-6-3-7-9(8(13)4-6)15-11(5-1-2-5)16-10(7)14/h3-5H,1-2H2,(H2,14,15,16). The third-order valence-electron chi connectivity index (χ3n) is 2.71. The topological polar surface area (TPSA) is 51.8 Å². The van der Waals surface area contributed by atoms with Gasteiger partial charge in [-0.15, -0.1) is 0 Å². The minimum Gasteiger partial charge on any atom is -0.383 e. The average Bonchev–Trinajstić information content (AvgIpc) is 3.02. The van der Waals surface area contributed by atoms with Crippen LogP contribution in [0.25, 0.3) is 10.9 Å². The quantitative estimate of drug-likeness (QED) is 0.848. The summed E-state index contributed by atoms with van der Waals surface area (Å²) in [5.74, 6) is 1.71. The molecule has 1 aliphatic carbocycles. The molecule has 1 aromatic carbocycles. The molecule has 2 aromatic rings. The molecule has 0 bridgehead atoms. The Hall–Kier alpha value is -1.06. The van der Waals surface area contributed by atoms with Crippen molar-refractivity contribution < 1.29 is 0 Å². The van der Waals surface area contributed by atoms with Gasteiger partial charge in [-0.1, -0.05) is 23.2 Å². The Bertz CT molecular complexity index is 579. The fraction of sp³-hybridized carbons (Fsp3) is 0.273. The lowest BCUT2D eigenvalue weighted by atomic mass is 10.2. The molecule has 0 amide bonds. The number of anilines is 1. The van der Waals surface area contributed by atoms with Gasteiger partial charge in [0.15, 0.2) is 0 Å². The van der Waals surface area contributed by atoms with Crippen molar-refractivity contribution in [1.82, 2.24) is 9.97 Å². The van der Waals surface area contributed by atoms with Gasteiger partial charge in [-0.3, -0.25) is 0 Å². The van der Waals surface area contributed by atoms with Crippen LogP contribution in [-0.4, -0.2) is 9.97 Å². The number of benzene rings is 1. The molecule has 1 aliphatic rings. The molecule has 5 heteroatoms. The highest BCUT2D eigenvalue weighted by atomic mass is 35.5. The van der Waals surface area contributed by atoms with Crippen LogP contribution >= 0.6 is 23.2 Å². The Morgan fingerprint density at radius 3 is 2.62 bits per heavy atom. The molecule has 16 heavy (non-hydrogen) atoms. The van der Waals surface area contributed by atoms with E-state index in [0.717, 1.165) is 24.1 Å². The van der Waals surface area contributed by atoms with E-state index in [-0.39, 0.29) is 0 Å². The Balaban J connectivity index is 2.32. The van der Waals surface area contributed by atoms with Gasteiger partial charge < -0.3 is 5.73 Å². The van der Waals surface area contributed by atoms with Crippen LogP contribution < -0.4 is 5.73 Å². The zero-order valence-electron chi connectivity index (χ0n) is 8.37. The fourth-order valence-electron chi connectivity index (χ4n) is 1.72. The summed E-state index contributed by atoms with van der Waals surface area (Å²) in [4.78, 5) is 8.75. The molecule has 82 valence electrons. The lowest BCUT2D eigenvalue weighted by Crippen LogP contribution is -2.00. The molecule has 2 N–H and O–H groups in total. The number of nitrogens with two attached hydrogens (primary N) is 1. The number of nitrogen functional groups attached to an aromatic ring is 1. The lowest BCUT2D eigenvalue weighted by molar-refractivity contribution is 0.952. The van der Waals surface area contributed by atoms with E-state index < -0.39 is 0 Å². The van der Waals surface area contributed by atoms with E-state index in [1.807, 2.05) is 0 Å². The van der Waals surface area contributed by atoms with Crippen molar-refractivity contribution in [3.05, 3.63) is 28.0 Å². The highest BCUT2D eigenvalue weighted by Crippen LogP contribution is 2.40. The van der Waals surface area contributed by atoms with Crippen LogP contribution in [0.3, 0.4) is 0 Å². The third-order valence-corrected chi connectivity index (χ3v) is 3.21. The zero-order chi connectivity index (χ0) is 11.3. The van der Waals surface area contributed by atoms with Gasteiger partial charge in [-0.25, -0.2) is 9.97 Å². The SMILES string of the molecule is Nc1nc(C2CC2)nc2c(Cl)cc(Cl)cc12. The number of hydrogen-bond donors (Lipinski definition) is 1. The van der Waals surface area contributed by atoms with Gasteiger partial charge >= 0.3 is 0 Å². The Kier molecular flexibility index (Phi) is 2.19. The van der Waals surface area contributed by atoms with E-state index in [1.54, 1.807) is 12.1 Å². The first kappa shape index (κ1) is 10.1. The molecule has 0 saturated heterocycles. The number of fused-ring (bicyclic) bond motifs is 1. The van der Waals surface area contributed by atoms with Crippen molar-refractivity contribution in [1.29, 1.82) is 0 Å². The molecule has 0 spiro atoms. The number of hydrogen-bond acceptors (Lipinski definition) is 3. The van der Waals surface area contributed by atoms with Crippen molar-refractivity contribution in [2.24, 2.45) is 0 Å². The van der Waals surface area contributed by atoms with Crippen LogP contribution in [0.2, 0.25) is 10.0 Å². The summed E-state index contributed by atoms with van der Waals surface area (Å²) in [6.07, 6.45) is 2.27. The molecule has 1 heterocycles. The molecule has 3 rings (SSSR count). The van der Waals surface area contributed by atoms with Gasteiger partial charge in [0.25, 0.3) is 0 Å². The second-order valence-electron chi connectivity index (χ2n) is 4.03. The predicted octanol–water partition coefficient (Wildman–Crippen LogP) is 3.40. The molecule has 3 nitrogen and oxygen atoms in total. The largest absolute Gasteiger partial charge is 0.383 e. The van der Waals surface area contributed by atoms with E-state index in [2.05, 4.69) is 9.97 Å². The Morgan fingerprint density at radius 2 is 1.94 bits per heavy atom. The molecule has 0 unspecified atom stereocenters. The van der Waals surface area contributed by atoms with Gasteiger partial charge in [-0.05, 0) is 25.0 Å². The Labute approximate surface area is 103 Å². The smallest absolute Gasteiger partial charge is 0.135 e. The average molecular weight is 254 g/mol. The molecule has 0 aliphatic heterocycles. The van der Waals surface area contributed by atoms with Crippen LogP contribution in [0.15, 0.2) is 12.1 Å². The van der Waals surface area contributed by atoms with Crippen LogP contribution in [0.1, 0.15) is 24.6 Å². The molecule has 1 fully saturated rings. The van der Waals surface area contributed by atoms with Gasteiger partial charge in [-0.2, -0.15) is 0 Å². The number of rotatable bonds is 1. The van der Waals surface area contributed by atoms with E-state index >= 15 is 0 Å². The van der Waals surface area contributed by atoms with Crippen molar-refractivity contribution in [3.8, 4) is 0 Å². The first-order chi connectivity index (χ1) is 7.65. The number of aromatic nitrogens is 2. The highest BCUT2D eigenvalue weighted by Gasteiger charge is 2.27. The summed E-state index contributed by atoms with van der Waals surface area (Å²) in [5, 5.41) is 1.80. The molecular weight excluding hydrogens is 245 g/mol. The zero-order valence-corrected chi connectivity index (χ0v) is 9.89. The van der Waals surface area contributed by atoms with E-state index in [9.17, 15) is 0 Å². The monoisotopic (exact) mass is 253 g/mol. The summed E-state index contributed by atoms with van der Waals surface area (Å²) < 4.78 is 0. The second kappa shape index (κ2) is 3.47. The van der Waals surface area contributed by atoms with Crippen molar-refractivity contribution in [3.63, 3.8) is 0 Å². The predicted molar refractivity (Wildman–Crippen MR) is 65.9 cm³/mol. The first-order valence-corrected chi connectivity index (χ1v) is 5.83. The normalized spacial score (nSPS) is 15.6. The maximum absolute atomic E-state index is 6.10. The summed E-state index contributed by atoms with van der Waals surface area (Å²) in [6.45, 7) is 0. The maximum Gasteiger partial charge on any atom is 0.135 e. The summed E-state index contributed by atoms with van der Waals surface area (Å²) in [6, 6.07) is 3.42.